The second-order valence-corrected chi connectivity index (χ2v) is 7.75. The van der Waals surface area contributed by atoms with E-state index in [-0.39, 0.29) is 18.3 Å². The molecule has 3 atom stereocenters. The molecule has 1 amide bonds. The van der Waals surface area contributed by atoms with E-state index in [1.165, 1.54) is 6.20 Å². The minimum Gasteiger partial charge on any atom is -0.362 e. The fourth-order valence-corrected chi connectivity index (χ4v) is 3.80. The first-order valence-corrected chi connectivity index (χ1v) is 9.48. The highest BCUT2D eigenvalue weighted by atomic mass is 19.4. The van der Waals surface area contributed by atoms with Crippen LogP contribution in [0.5, 0.6) is 0 Å². The summed E-state index contributed by atoms with van der Waals surface area (Å²) >= 11 is 0. The molecule has 0 aliphatic carbocycles. The van der Waals surface area contributed by atoms with Gasteiger partial charge in [0.25, 0.3) is 5.91 Å². The molecule has 1 aromatic heterocycles. The molecule has 3 heterocycles. The summed E-state index contributed by atoms with van der Waals surface area (Å²) < 4.78 is 50.9. The van der Waals surface area contributed by atoms with E-state index in [9.17, 15) is 18.0 Å². The van der Waals surface area contributed by atoms with Crippen molar-refractivity contribution in [1.29, 1.82) is 0 Å². The van der Waals surface area contributed by atoms with Crippen LogP contribution < -0.4 is 5.32 Å². The number of amides is 1. The molecule has 1 N–H and O–H groups in total. The Morgan fingerprint density at radius 2 is 1.90 bits per heavy atom. The number of carbonyl (C=O) groups excluding carboxylic acids is 1. The predicted molar refractivity (Wildman–Crippen MR) is 101 cm³/mol. The average Bonchev–Trinajstić information content (AvgIpc) is 3.02. The van der Waals surface area contributed by atoms with Gasteiger partial charge < -0.3 is 19.7 Å². The summed E-state index contributed by atoms with van der Waals surface area (Å²) in [4.78, 5) is 21.8. The van der Waals surface area contributed by atoms with Crippen LogP contribution in [0.2, 0.25) is 0 Å². The number of likely N-dealkylation sites (tertiary alicyclic amines) is 1. The predicted octanol–water partition coefficient (Wildman–Crippen LogP) is 2.95. The Labute approximate surface area is 171 Å². The van der Waals surface area contributed by atoms with Gasteiger partial charge in [-0.1, -0.05) is 18.2 Å². The molecule has 0 spiro atoms. The van der Waals surface area contributed by atoms with Crippen LogP contribution in [0.4, 0.5) is 19.0 Å². The van der Waals surface area contributed by atoms with Crippen molar-refractivity contribution in [3.63, 3.8) is 0 Å². The number of nitrogens with zero attached hydrogens (tertiary/aromatic N) is 3. The summed E-state index contributed by atoms with van der Waals surface area (Å²) in [7, 11) is 0. The Bertz CT molecular complexity index is 923. The van der Waals surface area contributed by atoms with Crippen molar-refractivity contribution in [3.8, 4) is 0 Å². The van der Waals surface area contributed by atoms with Gasteiger partial charge in [0.2, 0.25) is 0 Å². The molecule has 0 radical (unpaired) electrons. The maximum absolute atomic E-state index is 13.0. The number of nitrogens with one attached hydrogen (secondary N) is 1. The smallest absolute Gasteiger partial charge is 0.362 e. The van der Waals surface area contributed by atoms with Gasteiger partial charge >= 0.3 is 6.18 Å². The van der Waals surface area contributed by atoms with Crippen molar-refractivity contribution in [1.82, 2.24) is 14.9 Å². The number of rotatable bonds is 3. The van der Waals surface area contributed by atoms with E-state index >= 15 is 0 Å². The normalized spacial score (nSPS) is 25.6. The third-order valence-electron chi connectivity index (χ3n) is 5.00. The second-order valence-electron chi connectivity index (χ2n) is 7.75. The Kier molecular flexibility index (Phi) is 5.15. The lowest BCUT2D eigenvalue weighted by Gasteiger charge is -2.39. The van der Waals surface area contributed by atoms with Crippen molar-refractivity contribution < 1.29 is 27.4 Å². The molecule has 1 aromatic carbocycles. The van der Waals surface area contributed by atoms with E-state index in [2.05, 4.69) is 15.3 Å². The Morgan fingerprint density at radius 1 is 1.17 bits per heavy atom. The summed E-state index contributed by atoms with van der Waals surface area (Å²) in [6, 6.07) is 8.25. The lowest BCUT2D eigenvalue weighted by Crippen LogP contribution is -2.58. The number of halogens is 3. The van der Waals surface area contributed by atoms with Crippen molar-refractivity contribution in [3.05, 3.63) is 54.0 Å². The molecule has 0 bridgehead atoms. The van der Waals surface area contributed by atoms with Crippen molar-refractivity contribution in [2.24, 2.45) is 0 Å². The quantitative estimate of drug-likeness (QED) is 0.820. The number of alkyl halides is 3. The van der Waals surface area contributed by atoms with Crippen LogP contribution in [0, 0.1) is 0 Å². The van der Waals surface area contributed by atoms with Crippen LogP contribution in [0.25, 0.3) is 0 Å². The van der Waals surface area contributed by atoms with E-state index in [1.807, 2.05) is 6.07 Å². The Balaban J connectivity index is 1.59. The lowest BCUT2D eigenvalue weighted by atomic mass is 9.98. The van der Waals surface area contributed by atoms with Crippen LogP contribution in [0.15, 0.2) is 42.7 Å². The van der Waals surface area contributed by atoms with Crippen molar-refractivity contribution in [2.75, 3.05) is 18.4 Å². The van der Waals surface area contributed by atoms with E-state index in [4.69, 9.17) is 9.47 Å². The molecule has 0 saturated carbocycles. The third kappa shape index (κ3) is 4.24. The zero-order valence-corrected chi connectivity index (χ0v) is 16.4. The number of piperidine rings is 1. The summed E-state index contributed by atoms with van der Waals surface area (Å²) in [6.07, 6.45) is -3.63. The number of benzene rings is 1. The van der Waals surface area contributed by atoms with Crippen molar-refractivity contribution in [2.45, 2.75) is 44.1 Å². The van der Waals surface area contributed by atoms with Gasteiger partial charge in [-0.15, -0.1) is 0 Å². The largest absolute Gasteiger partial charge is 0.434 e. The van der Waals surface area contributed by atoms with E-state index in [0.29, 0.717) is 18.3 Å². The highest BCUT2D eigenvalue weighted by Gasteiger charge is 2.50. The van der Waals surface area contributed by atoms with Crippen molar-refractivity contribution >= 4 is 11.7 Å². The molecule has 4 rings (SSSR count). The van der Waals surface area contributed by atoms with E-state index in [0.717, 1.165) is 0 Å². The number of fused-ring (bicyclic) bond motifs is 1. The highest BCUT2D eigenvalue weighted by Crippen LogP contribution is 2.35. The average molecular weight is 422 g/mol. The van der Waals surface area contributed by atoms with Crippen LogP contribution >= 0.6 is 0 Å². The van der Waals surface area contributed by atoms with Crippen LogP contribution in [-0.2, 0) is 15.7 Å². The van der Waals surface area contributed by atoms with Gasteiger partial charge in [0.05, 0.1) is 25.0 Å². The molecule has 0 unspecified atom stereocenters. The SMILES string of the molecule is CC1(C)O[C@@H]2[C@@H](Nc3cncc(C(F)(F)F)n3)CN(C(=O)c3ccccc3)C[C@@H]2O1. The first kappa shape index (κ1) is 20.5. The molecule has 2 aromatic rings. The molecular formula is C20H21F3N4O3. The summed E-state index contributed by atoms with van der Waals surface area (Å²) in [5, 5.41) is 2.97. The maximum atomic E-state index is 13.0. The summed E-state index contributed by atoms with van der Waals surface area (Å²) in [5.41, 5.74) is -0.576. The van der Waals surface area contributed by atoms with E-state index in [1.54, 1.807) is 43.0 Å². The topological polar surface area (TPSA) is 76.6 Å². The van der Waals surface area contributed by atoms with Gasteiger partial charge in [-0.05, 0) is 26.0 Å². The molecule has 2 aliphatic rings. The third-order valence-corrected chi connectivity index (χ3v) is 5.00. The standard InChI is InChI=1S/C20H21F3N4O3/c1-19(2)29-14-11-27(18(28)12-6-4-3-5-7-12)10-13(17(14)30-19)25-16-9-24-8-15(26-16)20(21,22)23/h3-9,13-14,17H,10-11H2,1-2H3,(H,25,26)/t13-,14-,17+/m0/s1. The summed E-state index contributed by atoms with van der Waals surface area (Å²) in [5.74, 6) is -1.11. The first-order valence-electron chi connectivity index (χ1n) is 9.48. The van der Waals surface area contributed by atoms with Gasteiger partial charge in [0, 0.05) is 12.1 Å². The number of anilines is 1. The van der Waals surface area contributed by atoms with Gasteiger partial charge in [-0.2, -0.15) is 13.2 Å². The second kappa shape index (κ2) is 7.51. The minimum absolute atomic E-state index is 0.0455. The molecule has 10 heteroatoms. The number of carbonyl (C=O) groups is 1. The fraction of sp³-hybridized carbons (Fsp3) is 0.450. The van der Waals surface area contributed by atoms with Crippen LogP contribution in [0.3, 0.4) is 0 Å². The maximum Gasteiger partial charge on any atom is 0.434 e. The molecule has 2 fully saturated rings. The Hall–Kier alpha value is -2.72. The molecular weight excluding hydrogens is 401 g/mol. The molecule has 2 saturated heterocycles. The monoisotopic (exact) mass is 422 g/mol. The van der Waals surface area contributed by atoms with Gasteiger partial charge in [0.15, 0.2) is 11.5 Å². The molecule has 30 heavy (non-hydrogen) atoms. The molecule has 2 aliphatic heterocycles. The highest BCUT2D eigenvalue weighted by molar-refractivity contribution is 5.94. The number of ether oxygens (including phenoxy) is 2. The lowest BCUT2D eigenvalue weighted by molar-refractivity contribution is -0.145. The van der Waals surface area contributed by atoms with E-state index < -0.39 is 35.9 Å². The van der Waals surface area contributed by atoms with Gasteiger partial charge in [-0.25, -0.2) is 4.98 Å². The Morgan fingerprint density at radius 3 is 2.60 bits per heavy atom. The minimum atomic E-state index is -4.61. The zero-order valence-electron chi connectivity index (χ0n) is 16.4. The number of hydrogen-bond donors (Lipinski definition) is 1. The van der Waals surface area contributed by atoms with Gasteiger partial charge in [-0.3, -0.25) is 9.78 Å². The molecule has 160 valence electrons. The summed E-state index contributed by atoms with van der Waals surface area (Å²) in [6.45, 7) is 4.05. The zero-order chi connectivity index (χ0) is 21.5. The first-order chi connectivity index (χ1) is 14.1. The van der Waals surface area contributed by atoms with Gasteiger partial charge in [0.1, 0.15) is 18.0 Å². The number of aromatic nitrogens is 2. The van der Waals surface area contributed by atoms with Crippen LogP contribution in [0.1, 0.15) is 29.9 Å². The molecule has 7 nitrogen and oxygen atoms in total. The number of hydrogen-bond acceptors (Lipinski definition) is 6. The van der Waals surface area contributed by atoms with Crippen LogP contribution in [-0.4, -0.2) is 57.9 Å². The fourth-order valence-electron chi connectivity index (χ4n) is 3.80.